The number of piperazine rings is 1. The van der Waals surface area contributed by atoms with Gasteiger partial charge in [0.1, 0.15) is 11.0 Å². The van der Waals surface area contributed by atoms with Gasteiger partial charge in [0.2, 0.25) is 5.95 Å². The standard InChI is InChI=1S/C17H23ClN6/c18-15-12-16(22-17(19)21-15)20-6-7-23-8-10-24(11-9-23)13-14-4-2-1-3-5-14/h1-5,12H,6-11,13H2,(H3,19,20,21,22). The lowest BCUT2D eigenvalue weighted by Crippen LogP contribution is -2.47. The van der Waals surface area contributed by atoms with Crippen LogP contribution in [0.25, 0.3) is 0 Å². The van der Waals surface area contributed by atoms with Crippen molar-refractivity contribution in [1.82, 2.24) is 19.8 Å². The molecule has 0 saturated carbocycles. The van der Waals surface area contributed by atoms with E-state index in [0.29, 0.717) is 11.0 Å². The van der Waals surface area contributed by atoms with E-state index in [1.165, 1.54) is 5.56 Å². The summed E-state index contributed by atoms with van der Waals surface area (Å²) in [5.74, 6) is 0.870. The van der Waals surface area contributed by atoms with E-state index in [4.69, 9.17) is 17.3 Å². The number of nitrogens with one attached hydrogen (secondary N) is 1. The van der Waals surface area contributed by atoms with Crippen molar-refractivity contribution in [2.75, 3.05) is 50.3 Å². The maximum absolute atomic E-state index is 5.87. The molecule has 24 heavy (non-hydrogen) atoms. The molecule has 1 saturated heterocycles. The smallest absolute Gasteiger partial charge is 0.223 e. The lowest BCUT2D eigenvalue weighted by atomic mass is 10.2. The number of halogens is 1. The van der Waals surface area contributed by atoms with Crippen molar-refractivity contribution in [2.45, 2.75) is 6.54 Å². The minimum absolute atomic E-state index is 0.194. The van der Waals surface area contributed by atoms with Crippen LogP contribution in [0.4, 0.5) is 11.8 Å². The molecular formula is C17H23ClN6. The zero-order valence-electron chi connectivity index (χ0n) is 13.7. The first-order valence-corrected chi connectivity index (χ1v) is 8.59. The largest absolute Gasteiger partial charge is 0.369 e. The first-order chi connectivity index (χ1) is 11.7. The zero-order valence-corrected chi connectivity index (χ0v) is 14.4. The van der Waals surface area contributed by atoms with Crippen molar-refractivity contribution in [2.24, 2.45) is 0 Å². The van der Waals surface area contributed by atoms with Gasteiger partial charge >= 0.3 is 0 Å². The number of nitrogens with zero attached hydrogens (tertiary/aromatic N) is 4. The second-order valence-electron chi connectivity index (χ2n) is 5.96. The Balaban J connectivity index is 1.38. The monoisotopic (exact) mass is 346 g/mol. The number of nitrogens with two attached hydrogens (primary N) is 1. The van der Waals surface area contributed by atoms with Crippen LogP contribution in [0.1, 0.15) is 5.56 Å². The lowest BCUT2D eigenvalue weighted by Gasteiger charge is -2.34. The number of rotatable bonds is 6. The summed E-state index contributed by atoms with van der Waals surface area (Å²) in [7, 11) is 0. The van der Waals surface area contributed by atoms with Crippen LogP contribution in [0.5, 0.6) is 0 Å². The summed E-state index contributed by atoms with van der Waals surface area (Å²) in [4.78, 5) is 12.9. The number of hydrogen-bond donors (Lipinski definition) is 2. The molecule has 2 heterocycles. The maximum Gasteiger partial charge on any atom is 0.223 e. The summed E-state index contributed by atoms with van der Waals surface area (Å²) in [6, 6.07) is 12.3. The van der Waals surface area contributed by atoms with Crippen LogP contribution in [0.15, 0.2) is 36.4 Å². The van der Waals surface area contributed by atoms with Crippen molar-refractivity contribution in [3.63, 3.8) is 0 Å². The Morgan fingerprint density at radius 2 is 1.75 bits per heavy atom. The van der Waals surface area contributed by atoms with Crippen molar-refractivity contribution < 1.29 is 0 Å². The van der Waals surface area contributed by atoms with E-state index in [-0.39, 0.29) is 5.95 Å². The fraction of sp³-hybridized carbons (Fsp3) is 0.412. The van der Waals surface area contributed by atoms with Crippen LogP contribution in [-0.2, 0) is 6.54 Å². The number of nitrogen functional groups attached to an aromatic ring is 1. The van der Waals surface area contributed by atoms with Gasteiger partial charge < -0.3 is 11.1 Å². The first-order valence-electron chi connectivity index (χ1n) is 8.21. The van der Waals surface area contributed by atoms with Crippen LogP contribution in [0.3, 0.4) is 0 Å². The molecule has 1 aromatic heterocycles. The average Bonchev–Trinajstić information content (AvgIpc) is 2.57. The van der Waals surface area contributed by atoms with Gasteiger partial charge in [-0.25, -0.2) is 4.98 Å². The second-order valence-corrected chi connectivity index (χ2v) is 6.35. The van der Waals surface area contributed by atoms with Crippen molar-refractivity contribution in [3.8, 4) is 0 Å². The van der Waals surface area contributed by atoms with E-state index < -0.39 is 0 Å². The molecule has 1 aromatic carbocycles. The molecule has 0 aliphatic carbocycles. The molecule has 3 N–H and O–H groups in total. The maximum atomic E-state index is 5.87. The van der Waals surface area contributed by atoms with Gasteiger partial charge in [0, 0.05) is 51.9 Å². The minimum atomic E-state index is 0.194. The number of benzene rings is 1. The Morgan fingerprint density at radius 1 is 1.04 bits per heavy atom. The number of anilines is 2. The SMILES string of the molecule is Nc1nc(Cl)cc(NCCN2CCN(Cc3ccccc3)CC2)n1. The third-order valence-corrected chi connectivity index (χ3v) is 4.35. The quantitative estimate of drug-likeness (QED) is 0.779. The summed E-state index contributed by atoms with van der Waals surface area (Å²) in [6.45, 7) is 7.18. The predicted octanol–water partition coefficient (Wildman–Crippen LogP) is 1.94. The van der Waals surface area contributed by atoms with Gasteiger partial charge in [0.15, 0.2) is 0 Å². The molecule has 128 valence electrons. The second kappa shape index (κ2) is 8.28. The van der Waals surface area contributed by atoms with Crippen LogP contribution in [-0.4, -0.2) is 59.0 Å². The van der Waals surface area contributed by atoms with E-state index >= 15 is 0 Å². The highest BCUT2D eigenvalue weighted by molar-refractivity contribution is 6.29. The van der Waals surface area contributed by atoms with Crippen LogP contribution < -0.4 is 11.1 Å². The molecule has 1 aliphatic heterocycles. The molecule has 1 fully saturated rings. The molecular weight excluding hydrogens is 324 g/mol. The minimum Gasteiger partial charge on any atom is -0.369 e. The Hall–Kier alpha value is -1.89. The molecule has 6 nitrogen and oxygen atoms in total. The third-order valence-electron chi connectivity index (χ3n) is 4.16. The summed E-state index contributed by atoms with van der Waals surface area (Å²) in [5, 5.41) is 3.61. The summed E-state index contributed by atoms with van der Waals surface area (Å²) < 4.78 is 0. The summed E-state index contributed by atoms with van der Waals surface area (Å²) in [6.07, 6.45) is 0. The van der Waals surface area contributed by atoms with E-state index in [9.17, 15) is 0 Å². The van der Waals surface area contributed by atoms with Gasteiger partial charge in [-0.2, -0.15) is 4.98 Å². The molecule has 0 spiro atoms. The van der Waals surface area contributed by atoms with Crippen molar-refractivity contribution >= 4 is 23.4 Å². The number of hydrogen-bond acceptors (Lipinski definition) is 6. The van der Waals surface area contributed by atoms with E-state index in [1.807, 2.05) is 0 Å². The molecule has 0 amide bonds. The highest BCUT2D eigenvalue weighted by Crippen LogP contribution is 2.12. The third kappa shape index (κ3) is 5.06. The Kier molecular flexibility index (Phi) is 5.85. The van der Waals surface area contributed by atoms with Gasteiger partial charge in [0.05, 0.1) is 0 Å². The van der Waals surface area contributed by atoms with Gasteiger partial charge in [0.25, 0.3) is 0 Å². The highest BCUT2D eigenvalue weighted by atomic mass is 35.5. The van der Waals surface area contributed by atoms with Crippen molar-refractivity contribution in [3.05, 3.63) is 47.1 Å². The Morgan fingerprint density at radius 3 is 2.46 bits per heavy atom. The summed E-state index contributed by atoms with van der Waals surface area (Å²) in [5.41, 5.74) is 6.97. The Labute approximate surface area is 147 Å². The molecule has 2 aromatic rings. The van der Waals surface area contributed by atoms with Gasteiger partial charge in [-0.15, -0.1) is 0 Å². The first kappa shape index (κ1) is 17.0. The van der Waals surface area contributed by atoms with Crippen LogP contribution >= 0.6 is 11.6 Å². The predicted molar refractivity (Wildman–Crippen MR) is 98.1 cm³/mol. The van der Waals surface area contributed by atoms with Gasteiger partial charge in [-0.1, -0.05) is 41.9 Å². The topological polar surface area (TPSA) is 70.3 Å². The highest BCUT2D eigenvalue weighted by Gasteiger charge is 2.16. The summed E-state index contributed by atoms with van der Waals surface area (Å²) >= 11 is 5.87. The average molecular weight is 347 g/mol. The Bertz CT molecular complexity index is 623. The normalized spacial score (nSPS) is 16.2. The van der Waals surface area contributed by atoms with Crippen molar-refractivity contribution in [1.29, 1.82) is 0 Å². The van der Waals surface area contributed by atoms with Crippen LogP contribution in [0.2, 0.25) is 5.15 Å². The molecule has 0 bridgehead atoms. The van der Waals surface area contributed by atoms with Crippen LogP contribution in [0, 0.1) is 0 Å². The van der Waals surface area contributed by atoms with E-state index in [0.717, 1.165) is 45.8 Å². The number of aromatic nitrogens is 2. The molecule has 1 aliphatic rings. The van der Waals surface area contributed by atoms with Gasteiger partial charge in [-0.3, -0.25) is 9.80 Å². The van der Waals surface area contributed by atoms with E-state index in [2.05, 4.69) is 55.4 Å². The molecule has 0 atom stereocenters. The van der Waals surface area contributed by atoms with E-state index in [1.54, 1.807) is 6.07 Å². The fourth-order valence-electron chi connectivity index (χ4n) is 2.88. The molecule has 0 radical (unpaired) electrons. The molecule has 7 heteroatoms. The van der Waals surface area contributed by atoms with Gasteiger partial charge in [-0.05, 0) is 5.56 Å². The molecule has 0 unspecified atom stereocenters. The molecule has 3 rings (SSSR count). The lowest BCUT2D eigenvalue weighted by molar-refractivity contribution is 0.130. The zero-order chi connectivity index (χ0) is 16.8. The fourth-order valence-corrected chi connectivity index (χ4v) is 3.07.